The molecule has 1 saturated carbocycles. The zero-order valence-corrected chi connectivity index (χ0v) is 17.8. The van der Waals surface area contributed by atoms with E-state index in [1.54, 1.807) is 41.5 Å². The van der Waals surface area contributed by atoms with Crippen molar-refractivity contribution in [2.75, 3.05) is 13.2 Å². The van der Waals surface area contributed by atoms with Gasteiger partial charge >= 0.3 is 0 Å². The lowest BCUT2D eigenvalue weighted by molar-refractivity contribution is -0.170. The molecule has 2 aliphatic rings. The van der Waals surface area contributed by atoms with Crippen molar-refractivity contribution in [3.8, 4) is 5.75 Å². The number of hydroxylamine groups is 2. The smallest absolute Gasteiger partial charge is 0.226 e. The van der Waals surface area contributed by atoms with Crippen molar-refractivity contribution in [2.45, 2.75) is 31.3 Å². The summed E-state index contributed by atoms with van der Waals surface area (Å²) in [6, 6.07) is 16.8. The van der Waals surface area contributed by atoms with Crippen LogP contribution in [0.1, 0.15) is 41.6 Å². The summed E-state index contributed by atoms with van der Waals surface area (Å²) >= 11 is 0. The Kier molecular flexibility index (Phi) is 6.51. The van der Waals surface area contributed by atoms with Crippen LogP contribution < -0.4 is 16.2 Å². The number of carbonyl (C=O) groups is 1. The summed E-state index contributed by atoms with van der Waals surface area (Å²) in [7, 11) is 0. The maximum atomic E-state index is 12.5. The molecule has 1 aliphatic carbocycles. The summed E-state index contributed by atoms with van der Waals surface area (Å²) in [5.41, 5.74) is 12.8. The van der Waals surface area contributed by atoms with Crippen molar-refractivity contribution in [2.24, 2.45) is 21.5 Å². The normalized spacial score (nSPS) is 17.4. The second-order valence-electron chi connectivity index (χ2n) is 7.74. The molecule has 8 heteroatoms. The number of carbonyl (C=O) groups excluding carboxylic acids is 1. The molecule has 0 radical (unpaired) electrons. The summed E-state index contributed by atoms with van der Waals surface area (Å²) in [6.07, 6.45) is 7.03. The molecule has 0 bridgehead atoms. The van der Waals surface area contributed by atoms with Gasteiger partial charge < -0.3 is 16.2 Å². The number of benzene rings is 2. The fraction of sp³-hybridized carbons (Fsp3) is 0.292. The van der Waals surface area contributed by atoms with Crippen LogP contribution in [-0.4, -0.2) is 41.6 Å². The van der Waals surface area contributed by atoms with Crippen molar-refractivity contribution in [3.63, 3.8) is 0 Å². The van der Waals surface area contributed by atoms with Crippen LogP contribution in [0, 0.1) is 0 Å². The van der Waals surface area contributed by atoms with Gasteiger partial charge in [0.05, 0.1) is 0 Å². The van der Waals surface area contributed by atoms with Gasteiger partial charge in [0, 0.05) is 5.56 Å². The molecule has 8 nitrogen and oxygen atoms in total. The van der Waals surface area contributed by atoms with E-state index in [1.165, 1.54) is 0 Å². The van der Waals surface area contributed by atoms with Crippen LogP contribution in [0.5, 0.6) is 5.75 Å². The van der Waals surface area contributed by atoms with Crippen LogP contribution >= 0.6 is 0 Å². The van der Waals surface area contributed by atoms with Gasteiger partial charge in [-0.1, -0.05) is 48.5 Å². The van der Waals surface area contributed by atoms with Gasteiger partial charge in [-0.3, -0.25) is 9.63 Å². The standard InChI is InChI=1S/C24H27N5O3/c25-22-27-23(26)29(24(28-22)13-4-5-14-24)32-16-15-31-20-10-6-9-19(17-20)21(30)12-11-18-7-2-1-3-8-18/h1-3,6-12,17H,4-5,13-16H2,(H4,25,26,27,28). The van der Waals surface area contributed by atoms with E-state index in [1.807, 2.05) is 30.3 Å². The van der Waals surface area contributed by atoms with Gasteiger partial charge in [0.25, 0.3) is 0 Å². The number of guanidine groups is 2. The largest absolute Gasteiger partial charge is 0.491 e. The Hall–Kier alpha value is -3.65. The molecule has 166 valence electrons. The second-order valence-corrected chi connectivity index (χ2v) is 7.74. The number of aliphatic imine (C=N–C) groups is 2. The maximum Gasteiger partial charge on any atom is 0.226 e. The zero-order chi connectivity index (χ0) is 22.4. The molecular weight excluding hydrogens is 406 g/mol. The van der Waals surface area contributed by atoms with Gasteiger partial charge in [-0.15, -0.1) is 0 Å². The first kappa shape index (κ1) is 21.6. The monoisotopic (exact) mass is 433 g/mol. The minimum atomic E-state index is -0.576. The van der Waals surface area contributed by atoms with E-state index in [2.05, 4.69) is 9.98 Å². The molecule has 0 saturated heterocycles. The number of ketones is 1. The molecule has 0 unspecified atom stereocenters. The Morgan fingerprint density at radius 3 is 2.62 bits per heavy atom. The van der Waals surface area contributed by atoms with E-state index in [4.69, 9.17) is 21.0 Å². The van der Waals surface area contributed by atoms with Gasteiger partial charge in [-0.25, -0.2) is 4.99 Å². The van der Waals surface area contributed by atoms with Crippen molar-refractivity contribution >= 4 is 23.8 Å². The van der Waals surface area contributed by atoms with E-state index < -0.39 is 5.66 Å². The number of hydrogen-bond donors (Lipinski definition) is 2. The summed E-state index contributed by atoms with van der Waals surface area (Å²) in [4.78, 5) is 26.9. The Morgan fingerprint density at radius 2 is 1.84 bits per heavy atom. The fourth-order valence-corrected chi connectivity index (χ4v) is 3.96. The number of hydrogen-bond acceptors (Lipinski definition) is 8. The topological polar surface area (TPSA) is 116 Å². The Balaban J connectivity index is 1.31. The number of allylic oxidation sites excluding steroid dienone is 1. The lowest BCUT2D eigenvalue weighted by Crippen LogP contribution is -2.55. The molecule has 4 N–H and O–H groups in total. The van der Waals surface area contributed by atoms with E-state index in [0.717, 1.165) is 31.2 Å². The van der Waals surface area contributed by atoms with E-state index >= 15 is 0 Å². The number of nitrogens with zero attached hydrogens (tertiary/aromatic N) is 3. The third kappa shape index (κ3) is 4.97. The molecule has 1 aliphatic heterocycles. The zero-order valence-electron chi connectivity index (χ0n) is 17.8. The third-order valence-corrected chi connectivity index (χ3v) is 5.46. The van der Waals surface area contributed by atoms with E-state index in [-0.39, 0.29) is 30.9 Å². The van der Waals surface area contributed by atoms with Gasteiger partial charge in [-0.2, -0.15) is 10.1 Å². The third-order valence-electron chi connectivity index (χ3n) is 5.46. The highest BCUT2D eigenvalue weighted by molar-refractivity contribution is 6.07. The predicted octanol–water partition coefficient (Wildman–Crippen LogP) is 3.11. The van der Waals surface area contributed by atoms with Crippen LogP contribution in [0.15, 0.2) is 70.7 Å². The summed E-state index contributed by atoms with van der Waals surface area (Å²) in [5.74, 6) is 0.887. The van der Waals surface area contributed by atoms with Gasteiger partial charge in [0.1, 0.15) is 19.0 Å². The van der Waals surface area contributed by atoms with Crippen LogP contribution in [-0.2, 0) is 4.84 Å². The number of ether oxygens (including phenoxy) is 1. The molecule has 4 rings (SSSR count). The molecule has 32 heavy (non-hydrogen) atoms. The predicted molar refractivity (Wildman–Crippen MR) is 124 cm³/mol. The SMILES string of the molecule is NC1=NC2(CCCC2)N(OCCOc2cccc(C(=O)C=Cc3ccccc3)c2)C(N)=N1. The second kappa shape index (κ2) is 9.65. The lowest BCUT2D eigenvalue weighted by Gasteiger charge is -2.39. The number of rotatable bonds is 8. The van der Waals surface area contributed by atoms with Crippen molar-refractivity contribution in [1.82, 2.24) is 5.06 Å². The van der Waals surface area contributed by atoms with Crippen molar-refractivity contribution < 1.29 is 14.4 Å². The first-order chi connectivity index (χ1) is 15.6. The molecule has 0 aromatic heterocycles. The molecule has 0 atom stereocenters. The summed E-state index contributed by atoms with van der Waals surface area (Å²) < 4.78 is 5.79. The fourth-order valence-electron chi connectivity index (χ4n) is 3.96. The van der Waals surface area contributed by atoms with Gasteiger partial charge in [0.2, 0.25) is 11.9 Å². The van der Waals surface area contributed by atoms with Gasteiger partial charge in [0.15, 0.2) is 11.4 Å². The van der Waals surface area contributed by atoms with Crippen molar-refractivity contribution in [3.05, 3.63) is 71.8 Å². The Morgan fingerprint density at radius 1 is 1.06 bits per heavy atom. The average molecular weight is 434 g/mol. The minimum Gasteiger partial charge on any atom is -0.491 e. The van der Waals surface area contributed by atoms with Crippen LogP contribution in [0.25, 0.3) is 6.08 Å². The maximum absolute atomic E-state index is 12.5. The molecule has 0 amide bonds. The number of nitrogens with two attached hydrogens (primary N) is 2. The van der Waals surface area contributed by atoms with Crippen LogP contribution in [0.4, 0.5) is 0 Å². The minimum absolute atomic E-state index is 0.0912. The Labute approximate surface area is 187 Å². The molecule has 2 aromatic rings. The van der Waals surface area contributed by atoms with Crippen LogP contribution in [0.3, 0.4) is 0 Å². The molecular formula is C24H27N5O3. The van der Waals surface area contributed by atoms with E-state index in [0.29, 0.717) is 11.3 Å². The van der Waals surface area contributed by atoms with Crippen molar-refractivity contribution in [1.29, 1.82) is 0 Å². The highest BCUT2D eigenvalue weighted by Gasteiger charge is 2.44. The van der Waals surface area contributed by atoms with E-state index in [9.17, 15) is 4.79 Å². The highest BCUT2D eigenvalue weighted by Crippen LogP contribution is 2.38. The Bertz CT molecular complexity index is 1040. The molecule has 1 heterocycles. The average Bonchev–Trinajstić information content (AvgIpc) is 3.25. The van der Waals surface area contributed by atoms with Gasteiger partial charge in [-0.05, 0) is 49.5 Å². The first-order valence-electron chi connectivity index (χ1n) is 10.7. The molecule has 1 fully saturated rings. The summed E-state index contributed by atoms with van der Waals surface area (Å²) in [6.45, 7) is 0.524. The summed E-state index contributed by atoms with van der Waals surface area (Å²) in [5, 5.41) is 1.56. The first-order valence-corrected chi connectivity index (χ1v) is 10.7. The van der Waals surface area contributed by atoms with Crippen LogP contribution in [0.2, 0.25) is 0 Å². The molecule has 1 spiro atoms. The highest BCUT2D eigenvalue weighted by atomic mass is 16.7. The lowest BCUT2D eigenvalue weighted by atomic mass is 10.1. The molecule has 2 aromatic carbocycles. The quantitative estimate of drug-likeness (QED) is 0.375.